The molecule has 106 valence electrons. The van der Waals surface area contributed by atoms with Crippen LogP contribution in [0.1, 0.15) is 38.1 Å². The average molecular weight is 285 g/mol. The lowest BCUT2D eigenvalue weighted by Crippen LogP contribution is -2.40. The first kappa shape index (κ1) is 15.7. The van der Waals surface area contributed by atoms with Gasteiger partial charge in [0.1, 0.15) is 0 Å². The van der Waals surface area contributed by atoms with E-state index in [9.17, 15) is 13.2 Å². The fourth-order valence-corrected chi connectivity index (χ4v) is 2.87. The zero-order valence-corrected chi connectivity index (χ0v) is 12.4. The minimum Gasteiger partial charge on any atom is -0.462 e. The Balaban J connectivity index is 2.96. The van der Waals surface area contributed by atoms with E-state index in [1.807, 2.05) is 0 Å². The van der Waals surface area contributed by atoms with Crippen LogP contribution < -0.4 is 4.72 Å². The maximum atomic E-state index is 12.0. The summed E-state index contributed by atoms with van der Waals surface area (Å²) in [6.07, 6.45) is 0. The Morgan fingerprint density at radius 3 is 2.16 bits per heavy atom. The van der Waals surface area contributed by atoms with Crippen molar-refractivity contribution in [1.29, 1.82) is 0 Å². The van der Waals surface area contributed by atoms with Crippen LogP contribution >= 0.6 is 0 Å². The van der Waals surface area contributed by atoms with E-state index in [1.165, 1.54) is 24.3 Å². The van der Waals surface area contributed by atoms with Gasteiger partial charge in [0.05, 0.1) is 17.1 Å². The van der Waals surface area contributed by atoms with Gasteiger partial charge in [-0.25, -0.2) is 17.9 Å². The van der Waals surface area contributed by atoms with Crippen LogP contribution in [-0.2, 0) is 14.8 Å². The molecule has 1 aromatic carbocycles. The van der Waals surface area contributed by atoms with Gasteiger partial charge in [-0.2, -0.15) is 0 Å². The second kappa shape index (κ2) is 5.71. The number of carbonyl (C=O) groups excluding carboxylic acids is 1. The standard InChI is InChI=1S/C13H19NO4S/c1-5-18-12(15)10-6-8-11(9-7-10)19(16,17)14-13(2,3)4/h6-9,14H,5H2,1-4H3. The molecule has 1 aromatic rings. The van der Waals surface area contributed by atoms with Crippen LogP contribution in [0.5, 0.6) is 0 Å². The first-order chi connectivity index (χ1) is 8.65. The lowest BCUT2D eigenvalue weighted by atomic mass is 10.1. The molecule has 0 aromatic heterocycles. The molecule has 0 aliphatic rings. The smallest absolute Gasteiger partial charge is 0.338 e. The Kier molecular flexibility index (Phi) is 4.70. The molecule has 0 amide bonds. The molecule has 0 saturated heterocycles. The number of carbonyl (C=O) groups is 1. The maximum absolute atomic E-state index is 12.0. The Bertz CT molecular complexity index is 541. The van der Waals surface area contributed by atoms with Crippen LogP contribution in [0.25, 0.3) is 0 Å². The molecular formula is C13H19NO4S. The van der Waals surface area contributed by atoms with E-state index in [2.05, 4.69) is 4.72 Å². The fraction of sp³-hybridized carbons (Fsp3) is 0.462. The highest BCUT2D eigenvalue weighted by atomic mass is 32.2. The summed E-state index contributed by atoms with van der Waals surface area (Å²) in [5.74, 6) is -0.463. The van der Waals surface area contributed by atoms with Crippen LogP contribution in [0.3, 0.4) is 0 Å². The minimum absolute atomic E-state index is 0.121. The molecule has 19 heavy (non-hydrogen) atoms. The van der Waals surface area contributed by atoms with Crippen molar-refractivity contribution >= 4 is 16.0 Å². The normalized spacial score (nSPS) is 12.2. The first-order valence-corrected chi connectivity index (χ1v) is 7.45. The highest BCUT2D eigenvalue weighted by Crippen LogP contribution is 2.14. The molecular weight excluding hydrogens is 266 g/mol. The van der Waals surface area contributed by atoms with Gasteiger partial charge in [-0.15, -0.1) is 0 Å². The van der Waals surface area contributed by atoms with Crippen molar-refractivity contribution in [3.63, 3.8) is 0 Å². The topological polar surface area (TPSA) is 72.5 Å². The Morgan fingerprint density at radius 1 is 1.21 bits per heavy atom. The largest absolute Gasteiger partial charge is 0.462 e. The van der Waals surface area contributed by atoms with Crippen LogP contribution in [0, 0.1) is 0 Å². The molecule has 6 heteroatoms. The van der Waals surface area contributed by atoms with Crippen molar-refractivity contribution in [2.24, 2.45) is 0 Å². The van der Waals surface area contributed by atoms with E-state index in [4.69, 9.17) is 4.74 Å². The number of ether oxygens (including phenoxy) is 1. The molecule has 0 spiro atoms. The van der Waals surface area contributed by atoms with E-state index >= 15 is 0 Å². The van der Waals surface area contributed by atoms with Gasteiger partial charge in [-0.3, -0.25) is 0 Å². The zero-order chi connectivity index (χ0) is 14.7. The van der Waals surface area contributed by atoms with Gasteiger partial charge in [0.2, 0.25) is 10.0 Å². The summed E-state index contributed by atoms with van der Waals surface area (Å²) < 4.78 is 31.4. The molecule has 0 heterocycles. The molecule has 0 unspecified atom stereocenters. The van der Waals surface area contributed by atoms with E-state index in [0.717, 1.165) is 0 Å². The number of hydrogen-bond acceptors (Lipinski definition) is 4. The van der Waals surface area contributed by atoms with Gasteiger partial charge in [0.25, 0.3) is 0 Å². The van der Waals surface area contributed by atoms with E-state index < -0.39 is 21.5 Å². The Morgan fingerprint density at radius 2 is 1.74 bits per heavy atom. The summed E-state index contributed by atoms with van der Waals surface area (Å²) in [6, 6.07) is 5.66. The van der Waals surface area contributed by atoms with E-state index in [-0.39, 0.29) is 11.5 Å². The summed E-state index contributed by atoms with van der Waals surface area (Å²) in [5.41, 5.74) is -0.227. The van der Waals surface area contributed by atoms with Gasteiger partial charge >= 0.3 is 5.97 Å². The van der Waals surface area contributed by atoms with Crippen LogP contribution in [0.2, 0.25) is 0 Å². The number of hydrogen-bond donors (Lipinski definition) is 1. The predicted molar refractivity (Wildman–Crippen MR) is 72.5 cm³/mol. The maximum Gasteiger partial charge on any atom is 0.338 e. The number of esters is 1. The second-order valence-electron chi connectivity index (χ2n) is 5.10. The Labute approximate surface area is 114 Å². The SMILES string of the molecule is CCOC(=O)c1ccc(S(=O)(=O)NC(C)(C)C)cc1. The summed E-state index contributed by atoms with van der Waals surface area (Å²) >= 11 is 0. The summed E-state index contributed by atoms with van der Waals surface area (Å²) in [6.45, 7) is 7.28. The number of benzene rings is 1. The molecule has 0 atom stereocenters. The monoisotopic (exact) mass is 285 g/mol. The third-order valence-electron chi connectivity index (χ3n) is 2.12. The first-order valence-electron chi connectivity index (χ1n) is 5.97. The molecule has 0 bridgehead atoms. The van der Waals surface area contributed by atoms with Gasteiger partial charge in [0.15, 0.2) is 0 Å². The third-order valence-corrected chi connectivity index (χ3v) is 3.89. The van der Waals surface area contributed by atoms with Crippen molar-refractivity contribution in [1.82, 2.24) is 4.72 Å². The van der Waals surface area contributed by atoms with Gasteiger partial charge < -0.3 is 4.74 Å². The van der Waals surface area contributed by atoms with Gasteiger partial charge in [-0.05, 0) is 52.0 Å². The van der Waals surface area contributed by atoms with Crippen LogP contribution in [0.4, 0.5) is 0 Å². The highest BCUT2D eigenvalue weighted by molar-refractivity contribution is 7.89. The quantitative estimate of drug-likeness (QED) is 0.858. The fourth-order valence-electron chi connectivity index (χ4n) is 1.45. The number of rotatable bonds is 4. The Hall–Kier alpha value is -1.40. The second-order valence-corrected chi connectivity index (χ2v) is 6.78. The molecule has 0 aliphatic carbocycles. The van der Waals surface area contributed by atoms with E-state index in [0.29, 0.717) is 5.56 Å². The number of nitrogens with one attached hydrogen (secondary N) is 1. The summed E-state index contributed by atoms with van der Waals surface area (Å²) in [5, 5.41) is 0. The molecule has 1 rings (SSSR count). The van der Waals surface area contributed by atoms with Crippen LogP contribution in [0.15, 0.2) is 29.2 Å². The highest BCUT2D eigenvalue weighted by Gasteiger charge is 2.22. The molecule has 0 fully saturated rings. The molecule has 0 radical (unpaired) electrons. The van der Waals surface area contributed by atoms with Gasteiger partial charge in [0, 0.05) is 5.54 Å². The van der Waals surface area contributed by atoms with Crippen molar-refractivity contribution in [2.45, 2.75) is 38.1 Å². The predicted octanol–water partition coefficient (Wildman–Crippen LogP) is 1.94. The van der Waals surface area contributed by atoms with Crippen LogP contribution in [-0.4, -0.2) is 26.5 Å². The van der Waals surface area contributed by atoms with Crippen molar-refractivity contribution < 1.29 is 17.9 Å². The third kappa shape index (κ3) is 4.65. The number of sulfonamides is 1. The zero-order valence-electron chi connectivity index (χ0n) is 11.6. The minimum atomic E-state index is -3.57. The van der Waals surface area contributed by atoms with Crippen molar-refractivity contribution in [3.8, 4) is 0 Å². The average Bonchev–Trinajstić information content (AvgIpc) is 2.26. The molecule has 1 N–H and O–H groups in total. The summed E-state index contributed by atoms with van der Waals surface area (Å²) in [4.78, 5) is 11.6. The van der Waals surface area contributed by atoms with Crippen molar-refractivity contribution in [3.05, 3.63) is 29.8 Å². The molecule has 0 aliphatic heterocycles. The molecule has 0 saturated carbocycles. The lowest BCUT2D eigenvalue weighted by molar-refractivity contribution is 0.0526. The summed E-state index contributed by atoms with van der Waals surface area (Å²) in [7, 11) is -3.57. The van der Waals surface area contributed by atoms with Gasteiger partial charge in [-0.1, -0.05) is 0 Å². The van der Waals surface area contributed by atoms with E-state index in [1.54, 1.807) is 27.7 Å². The molecule has 5 nitrogen and oxygen atoms in total. The lowest BCUT2D eigenvalue weighted by Gasteiger charge is -2.20. The van der Waals surface area contributed by atoms with Crippen molar-refractivity contribution in [2.75, 3.05) is 6.61 Å².